The van der Waals surface area contributed by atoms with Crippen LogP contribution in [0.25, 0.3) is 0 Å². The summed E-state index contributed by atoms with van der Waals surface area (Å²) in [6, 6.07) is 0. The third-order valence-electron chi connectivity index (χ3n) is 1.73. The second kappa shape index (κ2) is 4.34. The lowest BCUT2D eigenvalue weighted by Gasteiger charge is -2.07. The molecule has 1 rings (SSSR count). The van der Waals surface area contributed by atoms with Gasteiger partial charge in [-0.2, -0.15) is 8.78 Å². The highest BCUT2D eigenvalue weighted by molar-refractivity contribution is 7.92. The van der Waals surface area contributed by atoms with Gasteiger partial charge in [-0.1, -0.05) is 0 Å². The molecular weight excluding hydrogens is 212 g/mol. The molecule has 1 aliphatic rings. The molecule has 1 atom stereocenters. The predicted octanol–water partition coefficient (Wildman–Crippen LogP) is 0.408. The van der Waals surface area contributed by atoms with Crippen LogP contribution in [-0.4, -0.2) is 32.5 Å². The molecule has 1 saturated heterocycles. The highest BCUT2D eigenvalue weighted by Crippen LogP contribution is 2.17. The quantitative estimate of drug-likeness (QED) is 0.735. The van der Waals surface area contributed by atoms with E-state index >= 15 is 0 Å². The number of halogens is 3. The number of rotatable bonds is 2. The lowest BCUT2D eigenvalue weighted by Crippen LogP contribution is -2.28. The monoisotopic (exact) mass is 221 g/mol. The number of alkyl halides is 2. The van der Waals surface area contributed by atoms with Crippen molar-refractivity contribution >= 4 is 22.2 Å². The minimum absolute atomic E-state index is 0. The van der Waals surface area contributed by atoms with E-state index in [1.54, 1.807) is 0 Å². The number of hydrogen-bond acceptors (Lipinski definition) is 3. The van der Waals surface area contributed by atoms with Gasteiger partial charge in [0.05, 0.1) is 5.25 Å². The zero-order valence-corrected chi connectivity index (χ0v) is 7.80. The van der Waals surface area contributed by atoms with E-state index in [4.69, 9.17) is 0 Å². The normalized spacial score (nSPS) is 24.1. The van der Waals surface area contributed by atoms with Gasteiger partial charge in [-0.25, -0.2) is 8.42 Å². The van der Waals surface area contributed by atoms with Gasteiger partial charge in [-0.15, -0.1) is 12.4 Å². The Hall–Kier alpha value is 0.0600. The van der Waals surface area contributed by atoms with Gasteiger partial charge in [0.1, 0.15) is 0 Å². The maximum absolute atomic E-state index is 11.8. The van der Waals surface area contributed by atoms with E-state index in [9.17, 15) is 17.2 Å². The van der Waals surface area contributed by atoms with Crippen LogP contribution in [0.3, 0.4) is 0 Å². The molecule has 0 saturated carbocycles. The van der Waals surface area contributed by atoms with Crippen LogP contribution in [0.2, 0.25) is 0 Å². The summed E-state index contributed by atoms with van der Waals surface area (Å²) in [4.78, 5) is 0. The average Bonchev–Trinajstić information content (AvgIpc) is 2.37. The van der Waals surface area contributed by atoms with Crippen LogP contribution in [0.5, 0.6) is 0 Å². The summed E-state index contributed by atoms with van der Waals surface area (Å²) < 4.78 is 45.2. The molecule has 1 fully saturated rings. The van der Waals surface area contributed by atoms with Crippen LogP contribution in [0, 0.1) is 0 Å². The summed E-state index contributed by atoms with van der Waals surface area (Å²) in [5.41, 5.74) is 0. The van der Waals surface area contributed by atoms with Gasteiger partial charge in [-0.05, 0) is 13.0 Å². The van der Waals surface area contributed by atoms with E-state index in [-0.39, 0.29) is 19.0 Å². The molecule has 1 unspecified atom stereocenters. The average molecular weight is 222 g/mol. The molecule has 0 spiro atoms. The zero-order valence-electron chi connectivity index (χ0n) is 6.16. The summed E-state index contributed by atoms with van der Waals surface area (Å²) >= 11 is 0. The Morgan fingerprint density at radius 1 is 1.42 bits per heavy atom. The van der Waals surface area contributed by atoms with E-state index < -0.39 is 20.8 Å². The molecule has 1 aliphatic heterocycles. The molecule has 1 heterocycles. The lowest BCUT2D eigenvalue weighted by molar-refractivity contribution is 0.233. The Morgan fingerprint density at radius 3 is 2.33 bits per heavy atom. The van der Waals surface area contributed by atoms with Crippen molar-refractivity contribution in [3.8, 4) is 0 Å². The Kier molecular flexibility index (Phi) is 4.36. The van der Waals surface area contributed by atoms with Gasteiger partial charge in [0.15, 0.2) is 0 Å². The Bertz CT molecular complexity index is 226. The number of hydrogen-bond donors (Lipinski definition) is 1. The Morgan fingerprint density at radius 2 is 2.00 bits per heavy atom. The van der Waals surface area contributed by atoms with E-state index in [0.29, 0.717) is 13.0 Å². The predicted molar refractivity (Wildman–Crippen MR) is 43.4 cm³/mol. The van der Waals surface area contributed by atoms with Crippen molar-refractivity contribution in [3.63, 3.8) is 0 Å². The van der Waals surface area contributed by atoms with Gasteiger partial charge >= 0.3 is 5.76 Å². The molecule has 0 aromatic rings. The maximum Gasteiger partial charge on any atom is 0.337 e. The van der Waals surface area contributed by atoms with Gasteiger partial charge in [0, 0.05) is 6.54 Å². The molecular formula is C5H10ClF2NO2S. The Labute approximate surface area is 75.9 Å². The third-order valence-corrected chi connectivity index (χ3v) is 3.56. The minimum atomic E-state index is -4.17. The molecule has 74 valence electrons. The highest BCUT2D eigenvalue weighted by atomic mass is 35.5. The highest BCUT2D eigenvalue weighted by Gasteiger charge is 2.35. The van der Waals surface area contributed by atoms with Gasteiger partial charge in [-0.3, -0.25) is 0 Å². The summed E-state index contributed by atoms with van der Waals surface area (Å²) in [5.74, 6) is -3.23. The smallest absolute Gasteiger partial charge is 0.315 e. The van der Waals surface area contributed by atoms with Crippen LogP contribution >= 0.6 is 12.4 Å². The molecule has 0 aromatic heterocycles. The first-order valence-electron chi connectivity index (χ1n) is 3.26. The van der Waals surface area contributed by atoms with Gasteiger partial charge < -0.3 is 5.32 Å². The molecule has 0 aromatic carbocycles. The van der Waals surface area contributed by atoms with Crippen LogP contribution < -0.4 is 5.32 Å². The zero-order chi connectivity index (χ0) is 8.48. The van der Waals surface area contributed by atoms with Crippen LogP contribution in [0.15, 0.2) is 0 Å². The second-order valence-electron chi connectivity index (χ2n) is 2.46. The summed E-state index contributed by atoms with van der Waals surface area (Å²) in [5, 5.41) is 1.83. The van der Waals surface area contributed by atoms with Crippen molar-refractivity contribution < 1.29 is 17.2 Å². The summed E-state index contributed by atoms with van der Waals surface area (Å²) in [6.45, 7) is 0.670. The molecule has 1 N–H and O–H groups in total. The first-order valence-corrected chi connectivity index (χ1v) is 4.87. The van der Waals surface area contributed by atoms with Crippen LogP contribution in [-0.2, 0) is 9.84 Å². The van der Waals surface area contributed by atoms with Crippen LogP contribution in [0.1, 0.15) is 6.42 Å². The second-order valence-corrected chi connectivity index (χ2v) is 4.67. The molecule has 12 heavy (non-hydrogen) atoms. The standard InChI is InChI=1S/C5H9F2NO2S.ClH/c6-5(7)11(9,10)4-1-2-8-3-4;/h4-5,8H,1-3H2;1H. The summed E-state index contributed by atoms with van der Waals surface area (Å²) in [6.07, 6.45) is 0.298. The van der Waals surface area contributed by atoms with E-state index in [1.807, 2.05) is 0 Å². The van der Waals surface area contributed by atoms with Gasteiger partial charge in [0.25, 0.3) is 0 Å². The molecule has 0 bridgehead atoms. The summed E-state index contributed by atoms with van der Waals surface area (Å²) in [7, 11) is -4.17. The molecule has 7 heteroatoms. The third kappa shape index (κ3) is 2.27. The largest absolute Gasteiger partial charge is 0.337 e. The lowest BCUT2D eigenvalue weighted by atomic mass is 10.4. The number of sulfone groups is 1. The van der Waals surface area contributed by atoms with Crippen molar-refractivity contribution in [1.82, 2.24) is 5.32 Å². The van der Waals surface area contributed by atoms with Crippen molar-refractivity contribution in [2.45, 2.75) is 17.4 Å². The molecule has 0 aliphatic carbocycles. The minimum Gasteiger partial charge on any atom is -0.315 e. The molecule has 3 nitrogen and oxygen atoms in total. The fourth-order valence-electron chi connectivity index (χ4n) is 1.05. The fourth-order valence-corrected chi connectivity index (χ4v) is 2.14. The van der Waals surface area contributed by atoms with Crippen molar-refractivity contribution in [3.05, 3.63) is 0 Å². The van der Waals surface area contributed by atoms with Crippen molar-refractivity contribution in [1.29, 1.82) is 0 Å². The first-order chi connectivity index (χ1) is 5.05. The van der Waals surface area contributed by atoms with E-state index in [2.05, 4.69) is 5.32 Å². The van der Waals surface area contributed by atoms with Gasteiger partial charge in [0.2, 0.25) is 9.84 Å². The van der Waals surface area contributed by atoms with E-state index in [0.717, 1.165) is 0 Å². The number of nitrogens with one attached hydrogen (secondary N) is 1. The maximum atomic E-state index is 11.8. The van der Waals surface area contributed by atoms with Crippen molar-refractivity contribution in [2.75, 3.05) is 13.1 Å². The molecule has 0 amide bonds. The Balaban J connectivity index is 0.00000121. The SMILES string of the molecule is Cl.O=S(=O)(C(F)F)C1CCNC1. The topological polar surface area (TPSA) is 46.2 Å². The first kappa shape index (κ1) is 12.1. The van der Waals surface area contributed by atoms with Crippen LogP contribution in [0.4, 0.5) is 8.78 Å². The molecule has 0 radical (unpaired) electrons. The fraction of sp³-hybridized carbons (Fsp3) is 1.00. The van der Waals surface area contributed by atoms with E-state index in [1.165, 1.54) is 0 Å². The van der Waals surface area contributed by atoms with Crippen molar-refractivity contribution in [2.24, 2.45) is 0 Å².